The molecule has 2 aromatic heterocycles. The molecule has 0 saturated heterocycles. The van der Waals surface area contributed by atoms with Crippen LogP contribution in [0.15, 0.2) is 69.9 Å². The van der Waals surface area contributed by atoms with Crippen LogP contribution >= 0.6 is 23.1 Å². The van der Waals surface area contributed by atoms with E-state index < -0.39 is 5.97 Å². The number of thioether (sulfide) groups is 1. The molecule has 168 valence electrons. The first-order valence-corrected chi connectivity index (χ1v) is 12.1. The van der Waals surface area contributed by atoms with Crippen molar-refractivity contribution in [3.8, 4) is 5.69 Å². The Kier molecular flexibility index (Phi) is 6.90. The number of ether oxygens (including phenoxy) is 1. The average molecular weight is 480 g/mol. The molecule has 0 aliphatic heterocycles. The number of hydrogen-bond donors (Lipinski definition) is 1. The van der Waals surface area contributed by atoms with Gasteiger partial charge in [0, 0.05) is 0 Å². The molecule has 2 heterocycles. The molecular formula is C24H21N3O4S2. The number of anilines is 1. The monoisotopic (exact) mass is 479 g/mol. The molecule has 4 aromatic rings. The molecule has 7 nitrogen and oxygen atoms in total. The summed E-state index contributed by atoms with van der Waals surface area (Å²) in [6.45, 7) is 3.91. The number of carbonyl (C=O) groups excluding carboxylic acids is 2. The van der Waals surface area contributed by atoms with Crippen LogP contribution in [-0.2, 0) is 9.53 Å². The van der Waals surface area contributed by atoms with Crippen LogP contribution in [0.1, 0.15) is 22.8 Å². The summed E-state index contributed by atoms with van der Waals surface area (Å²) >= 11 is 2.50. The largest absolute Gasteiger partial charge is 0.462 e. The van der Waals surface area contributed by atoms with Crippen LogP contribution in [0.3, 0.4) is 0 Å². The smallest absolute Gasteiger partial charge is 0.340 e. The van der Waals surface area contributed by atoms with Gasteiger partial charge < -0.3 is 10.1 Å². The number of aryl methyl sites for hydroxylation is 1. The maximum absolute atomic E-state index is 13.2. The van der Waals surface area contributed by atoms with Crippen molar-refractivity contribution in [2.75, 3.05) is 17.7 Å². The number of aromatic nitrogens is 2. The van der Waals surface area contributed by atoms with E-state index in [1.54, 1.807) is 37.3 Å². The topological polar surface area (TPSA) is 90.3 Å². The van der Waals surface area contributed by atoms with Crippen LogP contribution in [0.4, 0.5) is 5.69 Å². The van der Waals surface area contributed by atoms with Crippen molar-refractivity contribution in [1.29, 1.82) is 0 Å². The first kappa shape index (κ1) is 22.8. The van der Waals surface area contributed by atoms with Gasteiger partial charge in [-0.2, -0.15) is 0 Å². The molecule has 0 aliphatic carbocycles. The average Bonchev–Trinajstić information content (AvgIpc) is 3.27. The zero-order valence-electron chi connectivity index (χ0n) is 18.0. The zero-order valence-corrected chi connectivity index (χ0v) is 19.7. The van der Waals surface area contributed by atoms with Crippen LogP contribution in [-0.4, -0.2) is 33.8 Å². The fourth-order valence-corrected chi connectivity index (χ4v) is 4.85. The second kappa shape index (κ2) is 10.0. The summed E-state index contributed by atoms with van der Waals surface area (Å²) in [6, 6.07) is 16.1. The first-order chi connectivity index (χ1) is 16.0. The molecule has 1 amide bonds. The maximum atomic E-state index is 13.2. The van der Waals surface area contributed by atoms with E-state index in [0.29, 0.717) is 26.7 Å². The summed E-state index contributed by atoms with van der Waals surface area (Å²) in [4.78, 5) is 42.7. The quantitative estimate of drug-likeness (QED) is 0.235. The summed E-state index contributed by atoms with van der Waals surface area (Å²) in [5.41, 5.74) is 2.79. The number of hydrogen-bond acceptors (Lipinski definition) is 7. The van der Waals surface area contributed by atoms with Crippen molar-refractivity contribution in [3.05, 3.63) is 81.5 Å². The second-order valence-corrected chi connectivity index (χ2v) is 8.97. The maximum Gasteiger partial charge on any atom is 0.340 e. The van der Waals surface area contributed by atoms with E-state index in [0.717, 1.165) is 17.3 Å². The minimum atomic E-state index is -0.501. The van der Waals surface area contributed by atoms with Crippen LogP contribution in [0.2, 0.25) is 0 Å². The molecule has 0 fully saturated rings. The van der Waals surface area contributed by atoms with Gasteiger partial charge in [0.15, 0.2) is 5.16 Å². The third kappa shape index (κ3) is 4.99. The zero-order chi connectivity index (χ0) is 23.4. The Bertz CT molecular complexity index is 1390. The van der Waals surface area contributed by atoms with Crippen LogP contribution in [0.5, 0.6) is 0 Å². The Balaban J connectivity index is 1.60. The van der Waals surface area contributed by atoms with E-state index in [9.17, 15) is 14.4 Å². The number of carbonyl (C=O) groups is 2. The lowest BCUT2D eigenvalue weighted by atomic mass is 10.2. The molecule has 0 atom stereocenters. The number of benzene rings is 2. The standard InChI is InChI=1S/C24H21N3O4S2/c1-3-31-23(30)17-9-4-5-10-18(17)25-20(28)14-33-24-26-19-11-12-32-21(19)22(29)27(24)16-8-6-7-15(2)13-16/h4-13H,3,14H2,1-2H3,(H,25,28). The van der Waals surface area contributed by atoms with Gasteiger partial charge in [0.25, 0.3) is 5.56 Å². The van der Waals surface area contributed by atoms with Crippen molar-refractivity contribution < 1.29 is 14.3 Å². The molecule has 9 heteroatoms. The lowest BCUT2D eigenvalue weighted by Crippen LogP contribution is -2.22. The van der Waals surface area contributed by atoms with Crippen molar-refractivity contribution in [1.82, 2.24) is 9.55 Å². The highest BCUT2D eigenvalue weighted by Crippen LogP contribution is 2.24. The predicted molar refractivity (Wildman–Crippen MR) is 132 cm³/mol. The van der Waals surface area contributed by atoms with Crippen LogP contribution in [0.25, 0.3) is 15.9 Å². The van der Waals surface area contributed by atoms with Crippen LogP contribution < -0.4 is 10.9 Å². The molecule has 0 aliphatic rings. The lowest BCUT2D eigenvalue weighted by Gasteiger charge is -2.13. The Morgan fingerprint density at radius 3 is 2.76 bits per heavy atom. The van der Waals surface area contributed by atoms with Crippen molar-refractivity contribution in [2.24, 2.45) is 0 Å². The van der Waals surface area contributed by atoms with Gasteiger partial charge >= 0.3 is 5.97 Å². The number of thiophene rings is 1. The van der Waals surface area contributed by atoms with Gasteiger partial charge in [-0.3, -0.25) is 14.2 Å². The summed E-state index contributed by atoms with van der Waals surface area (Å²) in [5, 5.41) is 5.01. The predicted octanol–water partition coefficient (Wildman–Crippen LogP) is 4.66. The third-order valence-electron chi connectivity index (χ3n) is 4.74. The van der Waals surface area contributed by atoms with Gasteiger partial charge in [0.1, 0.15) is 4.70 Å². The molecule has 0 spiro atoms. The van der Waals surface area contributed by atoms with E-state index >= 15 is 0 Å². The molecule has 4 rings (SSSR count). The lowest BCUT2D eigenvalue weighted by molar-refractivity contribution is -0.113. The van der Waals surface area contributed by atoms with Gasteiger partial charge in [-0.15, -0.1) is 11.3 Å². The van der Waals surface area contributed by atoms with E-state index in [-0.39, 0.29) is 29.4 Å². The fourth-order valence-electron chi connectivity index (χ4n) is 3.28. The highest BCUT2D eigenvalue weighted by atomic mass is 32.2. The van der Waals surface area contributed by atoms with Gasteiger partial charge in [0.05, 0.1) is 34.8 Å². The minimum Gasteiger partial charge on any atom is -0.462 e. The van der Waals surface area contributed by atoms with E-state index in [1.807, 2.05) is 36.6 Å². The molecule has 0 saturated carbocycles. The molecular weight excluding hydrogens is 458 g/mol. The Labute approximate surface area is 198 Å². The number of amides is 1. The van der Waals surface area contributed by atoms with Gasteiger partial charge in [-0.05, 0) is 55.1 Å². The van der Waals surface area contributed by atoms with E-state index in [2.05, 4.69) is 10.3 Å². The number of fused-ring (bicyclic) bond motifs is 1. The summed E-state index contributed by atoms with van der Waals surface area (Å²) in [5.74, 6) is -0.823. The highest BCUT2D eigenvalue weighted by molar-refractivity contribution is 7.99. The SMILES string of the molecule is CCOC(=O)c1ccccc1NC(=O)CSc1nc2ccsc2c(=O)n1-c1cccc(C)c1. The van der Waals surface area contributed by atoms with Crippen molar-refractivity contribution in [2.45, 2.75) is 19.0 Å². The molecule has 0 radical (unpaired) electrons. The number of nitrogens with one attached hydrogen (secondary N) is 1. The summed E-state index contributed by atoms with van der Waals surface area (Å²) in [6.07, 6.45) is 0. The molecule has 33 heavy (non-hydrogen) atoms. The fraction of sp³-hybridized carbons (Fsp3) is 0.167. The Morgan fingerprint density at radius 2 is 1.97 bits per heavy atom. The van der Waals surface area contributed by atoms with Crippen molar-refractivity contribution in [3.63, 3.8) is 0 Å². The normalized spacial score (nSPS) is 10.8. The van der Waals surface area contributed by atoms with E-state index in [4.69, 9.17) is 4.74 Å². The number of rotatable bonds is 7. The number of esters is 1. The second-order valence-electron chi connectivity index (χ2n) is 7.11. The molecule has 2 aromatic carbocycles. The van der Waals surface area contributed by atoms with E-state index in [1.165, 1.54) is 15.9 Å². The first-order valence-electron chi connectivity index (χ1n) is 10.2. The summed E-state index contributed by atoms with van der Waals surface area (Å²) in [7, 11) is 0. The van der Waals surface area contributed by atoms with Gasteiger partial charge in [0.2, 0.25) is 5.91 Å². The minimum absolute atomic E-state index is 0.00502. The number of para-hydroxylation sites is 1. The Morgan fingerprint density at radius 1 is 1.15 bits per heavy atom. The molecule has 0 unspecified atom stereocenters. The summed E-state index contributed by atoms with van der Waals surface area (Å²) < 4.78 is 7.16. The number of nitrogens with zero attached hydrogens (tertiary/aromatic N) is 2. The Hall–Kier alpha value is -3.43. The highest BCUT2D eigenvalue weighted by Gasteiger charge is 2.17. The molecule has 0 bridgehead atoms. The third-order valence-corrected chi connectivity index (χ3v) is 6.57. The van der Waals surface area contributed by atoms with Crippen molar-refractivity contribution >= 4 is 50.9 Å². The molecule has 1 N–H and O–H groups in total. The van der Waals surface area contributed by atoms with Crippen LogP contribution in [0, 0.1) is 6.92 Å². The van der Waals surface area contributed by atoms with Gasteiger partial charge in [-0.25, -0.2) is 9.78 Å². The van der Waals surface area contributed by atoms with Gasteiger partial charge in [-0.1, -0.05) is 36.0 Å².